The van der Waals surface area contributed by atoms with Crippen molar-refractivity contribution in [2.45, 2.75) is 51.4 Å². The predicted molar refractivity (Wildman–Crippen MR) is 65.4 cm³/mol. The van der Waals surface area contributed by atoms with Crippen LogP contribution in [0, 0.1) is 0 Å². The van der Waals surface area contributed by atoms with Crippen LogP contribution in [0.25, 0.3) is 0 Å². The molecule has 1 unspecified atom stereocenters. The summed E-state index contributed by atoms with van der Waals surface area (Å²) in [4.78, 5) is 0. The SMILES string of the molecule is CC1(C)CCC(Cn2ccc(CCN)c2)O1. The van der Waals surface area contributed by atoms with E-state index in [1.165, 1.54) is 5.56 Å². The van der Waals surface area contributed by atoms with Crippen molar-refractivity contribution >= 4 is 0 Å². The average Bonchev–Trinajstić information content (AvgIpc) is 2.75. The minimum Gasteiger partial charge on any atom is -0.370 e. The molecule has 0 saturated carbocycles. The molecule has 1 aromatic rings. The van der Waals surface area contributed by atoms with Crippen LogP contribution in [0.1, 0.15) is 32.3 Å². The molecule has 0 radical (unpaired) electrons. The topological polar surface area (TPSA) is 40.2 Å². The van der Waals surface area contributed by atoms with Crippen molar-refractivity contribution in [3.05, 3.63) is 24.0 Å². The molecule has 3 nitrogen and oxygen atoms in total. The van der Waals surface area contributed by atoms with Gasteiger partial charge in [-0.1, -0.05) is 0 Å². The second-order valence-corrected chi connectivity index (χ2v) is 5.29. The van der Waals surface area contributed by atoms with Gasteiger partial charge in [0.05, 0.1) is 11.7 Å². The van der Waals surface area contributed by atoms with Gasteiger partial charge in [-0.25, -0.2) is 0 Å². The van der Waals surface area contributed by atoms with Gasteiger partial charge in [0.2, 0.25) is 0 Å². The van der Waals surface area contributed by atoms with Crippen molar-refractivity contribution in [1.29, 1.82) is 0 Å². The second-order valence-electron chi connectivity index (χ2n) is 5.29. The maximum Gasteiger partial charge on any atom is 0.0762 e. The Morgan fingerprint density at radius 3 is 3.00 bits per heavy atom. The van der Waals surface area contributed by atoms with Gasteiger partial charge in [0.15, 0.2) is 0 Å². The minimum atomic E-state index is 0.0674. The van der Waals surface area contributed by atoms with E-state index in [9.17, 15) is 0 Å². The van der Waals surface area contributed by atoms with Gasteiger partial charge in [-0.05, 0) is 51.3 Å². The van der Waals surface area contributed by atoms with Gasteiger partial charge in [0, 0.05) is 18.9 Å². The number of nitrogens with two attached hydrogens (primary N) is 1. The molecular formula is C13H22N2O. The van der Waals surface area contributed by atoms with Crippen LogP contribution in [0.4, 0.5) is 0 Å². The Morgan fingerprint density at radius 1 is 1.56 bits per heavy atom. The highest BCUT2D eigenvalue weighted by molar-refractivity contribution is 5.10. The first-order valence-electron chi connectivity index (χ1n) is 6.11. The van der Waals surface area contributed by atoms with Gasteiger partial charge in [-0.3, -0.25) is 0 Å². The molecular weight excluding hydrogens is 200 g/mol. The van der Waals surface area contributed by atoms with Crippen LogP contribution < -0.4 is 5.73 Å². The van der Waals surface area contributed by atoms with Gasteiger partial charge in [0.1, 0.15) is 0 Å². The van der Waals surface area contributed by atoms with Crippen molar-refractivity contribution in [3.8, 4) is 0 Å². The van der Waals surface area contributed by atoms with E-state index in [0.717, 1.165) is 32.4 Å². The Hall–Kier alpha value is -0.800. The summed E-state index contributed by atoms with van der Waals surface area (Å²) < 4.78 is 8.20. The van der Waals surface area contributed by atoms with Crippen LogP contribution in [-0.2, 0) is 17.7 Å². The van der Waals surface area contributed by atoms with Crippen molar-refractivity contribution in [2.24, 2.45) is 5.73 Å². The average molecular weight is 222 g/mol. The van der Waals surface area contributed by atoms with Gasteiger partial charge in [-0.15, -0.1) is 0 Å². The fourth-order valence-corrected chi connectivity index (χ4v) is 2.36. The molecule has 2 heterocycles. The first-order valence-corrected chi connectivity index (χ1v) is 6.11. The molecule has 1 atom stereocenters. The van der Waals surface area contributed by atoms with Gasteiger partial charge in [0.25, 0.3) is 0 Å². The molecule has 1 aromatic heterocycles. The normalized spacial score (nSPS) is 23.8. The highest BCUT2D eigenvalue weighted by Gasteiger charge is 2.31. The third kappa shape index (κ3) is 2.86. The Morgan fingerprint density at radius 2 is 2.38 bits per heavy atom. The number of rotatable bonds is 4. The summed E-state index contributed by atoms with van der Waals surface area (Å²) in [7, 11) is 0. The van der Waals surface area contributed by atoms with Crippen molar-refractivity contribution in [2.75, 3.05) is 6.54 Å². The van der Waals surface area contributed by atoms with Gasteiger partial charge in [-0.2, -0.15) is 0 Å². The highest BCUT2D eigenvalue weighted by atomic mass is 16.5. The van der Waals surface area contributed by atoms with Crippen molar-refractivity contribution < 1.29 is 4.74 Å². The Balaban J connectivity index is 1.89. The number of hydrogen-bond donors (Lipinski definition) is 1. The summed E-state index contributed by atoms with van der Waals surface area (Å²) in [5.41, 5.74) is 6.92. The molecule has 1 aliphatic heterocycles. The molecule has 2 rings (SSSR count). The highest BCUT2D eigenvalue weighted by Crippen LogP contribution is 2.30. The van der Waals surface area contributed by atoms with Crippen LogP contribution in [0.3, 0.4) is 0 Å². The molecule has 3 heteroatoms. The van der Waals surface area contributed by atoms with Gasteiger partial charge < -0.3 is 15.0 Å². The molecule has 90 valence electrons. The third-order valence-corrected chi connectivity index (χ3v) is 3.21. The molecule has 1 fully saturated rings. The summed E-state index contributed by atoms with van der Waals surface area (Å²) in [6.07, 6.45) is 7.96. The molecule has 0 spiro atoms. The van der Waals surface area contributed by atoms with E-state index in [1.807, 2.05) is 0 Å². The largest absolute Gasteiger partial charge is 0.370 e. The quantitative estimate of drug-likeness (QED) is 0.846. The Kier molecular flexibility index (Phi) is 3.36. The first-order chi connectivity index (χ1) is 7.59. The van der Waals surface area contributed by atoms with Crippen LogP contribution in [-0.4, -0.2) is 22.8 Å². The third-order valence-electron chi connectivity index (χ3n) is 3.21. The second kappa shape index (κ2) is 4.60. The number of ether oxygens (including phenoxy) is 1. The monoisotopic (exact) mass is 222 g/mol. The maximum atomic E-state index is 5.98. The van der Waals surface area contributed by atoms with E-state index in [-0.39, 0.29) is 5.60 Å². The summed E-state index contributed by atoms with van der Waals surface area (Å²) in [6.45, 7) is 6.02. The zero-order valence-electron chi connectivity index (χ0n) is 10.3. The Labute approximate surface area is 97.6 Å². The van der Waals surface area contributed by atoms with Crippen molar-refractivity contribution in [3.63, 3.8) is 0 Å². The lowest BCUT2D eigenvalue weighted by atomic mass is 10.1. The predicted octanol–water partition coefficient (Wildman–Crippen LogP) is 1.95. The van der Waals surface area contributed by atoms with E-state index in [1.54, 1.807) is 0 Å². The van der Waals surface area contributed by atoms with E-state index in [2.05, 4.69) is 36.9 Å². The molecule has 1 aliphatic rings. The number of hydrogen-bond acceptors (Lipinski definition) is 2. The fraction of sp³-hybridized carbons (Fsp3) is 0.692. The van der Waals surface area contributed by atoms with E-state index >= 15 is 0 Å². The minimum absolute atomic E-state index is 0.0674. The summed E-state index contributed by atoms with van der Waals surface area (Å²) in [5.74, 6) is 0. The molecule has 0 bridgehead atoms. The van der Waals surface area contributed by atoms with E-state index in [4.69, 9.17) is 10.5 Å². The lowest BCUT2D eigenvalue weighted by Gasteiger charge is -2.19. The Bertz CT molecular complexity index is 343. The lowest BCUT2D eigenvalue weighted by Crippen LogP contribution is -2.22. The molecule has 0 aliphatic carbocycles. The molecule has 0 amide bonds. The van der Waals surface area contributed by atoms with Crippen LogP contribution in [0.15, 0.2) is 18.5 Å². The molecule has 2 N–H and O–H groups in total. The summed E-state index contributed by atoms with van der Waals surface area (Å²) >= 11 is 0. The fourth-order valence-electron chi connectivity index (χ4n) is 2.36. The van der Waals surface area contributed by atoms with Crippen LogP contribution in [0.2, 0.25) is 0 Å². The molecule has 0 aromatic carbocycles. The zero-order valence-corrected chi connectivity index (χ0v) is 10.3. The van der Waals surface area contributed by atoms with Crippen LogP contribution in [0.5, 0.6) is 0 Å². The first kappa shape index (κ1) is 11.7. The van der Waals surface area contributed by atoms with Gasteiger partial charge >= 0.3 is 0 Å². The molecule has 1 saturated heterocycles. The summed E-state index contributed by atoms with van der Waals surface area (Å²) in [5, 5.41) is 0. The molecule has 16 heavy (non-hydrogen) atoms. The lowest BCUT2D eigenvalue weighted by molar-refractivity contribution is -0.0216. The van der Waals surface area contributed by atoms with Crippen molar-refractivity contribution in [1.82, 2.24) is 4.57 Å². The maximum absolute atomic E-state index is 5.98. The number of nitrogens with zero attached hydrogens (tertiary/aromatic N) is 1. The van der Waals surface area contributed by atoms with Crippen LogP contribution >= 0.6 is 0 Å². The van der Waals surface area contributed by atoms with E-state index < -0.39 is 0 Å². The van der Waals surface area contributed by atoms with E-state index in [0.29, 0.717) is 6.10 Å². The standard InChI is InChI=1S/C13H22N2O/c1-13(2)6-3-12(16-13)10-15-8-5-11(9-15)4-7-14/h5,8-9,12H,3-4,6-7,10,14H2,1-2H3. The zero-order chi connectivity index (χ0) is 11.6. The smallest absolute Gasteiger partial charge is 0.0762 e. The summed E-state index contributed by atoms with van der Waals surface area (Å²) in [6, 6.07) is 2.15. The number of aromatic nitrogens is 1.